The van der Waals surface area contributed by atoms with Crippen molar-refractivity contribution in [2.24, 2.45) is 0 Å². The van der Waals surface area contributed by atoms with E-state index in [1.807, 2.05) is 12.1 Å². The molecule has 0 bridgehead atoms. The van der Waals surface area contributed by atoms with Crippen molar-refractivity contribution in [2.75, 3.05) is 6.61 Å². The molecule has 0 spiro atoms. The van der Waals surface area contributed by atoms with Crippen LogP contribution in [0.15, 0.2) is 18.2 Å². The summed E-state index contributed by atoms with van der Waals surface area (Å²) in [7, 11) is 0. The number of benzene rings is 1. The molecule has 4 nitrogen and oxygen atoms in total. The Kier molecular flexibility index (Phi) is 2.73. The molecule has 98 valence electrons. The predicted octanol–water partition coefficient (Wildman–Crippen LogP) is 3.09. The normalized spacial score (nSPS) is 26.7. The van der Waals surface area contributed by atoms with Crippen LogP contribution in [0.4, 0.5) is 0 Å². The zero-order valence-corrected chi connectivity index (χ0v) is 11.8. The van der Waals surface area contributed by atoms with Gasteiger partial charge in [0.05, 0.1) is 28.2 Å². The summed E-state index contributed by atoms with van der Waals surface area (Å²) in [5.74, 6) is 0. The summed E-state index contributed by atoms with van der Waals surface area (Å²) in [5, 5.41) is 9.18. The Bertz CT molecular complexity index is 739. The number of hydrogen-bond donors (Lipinski definition) is 1. The van der Waals surface area contributed by atoms with Gasteiger partial charge in [-0.15, -0.1) is 0 Å². The van der Waals surface area contributed by atoms with Gasteiger partial charge in [0.2, 0.25) is 0 Å². The topological polar surface area (TPSA) is 53.7 Å². The minimum absolute atomic E-state index is 0.101. The minimum atomic E-state index is -0.163. The third-order valence-corrected chi connectivity index (χ3v) is 4.49. The van der Waals surface area contributed by atoms with Gasteiger partial charge in [0.15, 0.2) is 4.77 Å². The van der Waals surface area contributed by atoms with Crippen molar-refractivity contribution in [1.29, 1.82) is 5.26 Å². The van der Waals surface area contributed by atoms with Crippen LogP contribution in [0.25, 0.3) is 11.0 Å². The van der Waals surface area contributed by atoms with Gasteiger partial charge in [-0.05, 0) is 44.6 Å². The summed E-state index contributed by atoms with van der Waals surface area (Å²) in [5.41, 5.74) is 2.25. The van der Waals surface area contributed by atoms with Crippen molar-refractivity contribution in [1.82, 2.24) is 9.55 Å². The van der Waals surface area contributed by atoms with Gasteiger partial charge in [0.25, 0.3) is 0 Å². The van der Waals surface area contributed by atoms with Gasteiger partial charge in [0.1, 0.15) is 6.07 Å². The van der Waals surface area contributed by atoms with E-state index >= 15 is 0 Å². The van der Waals surface area contributed by atoms with Crippen molar-refractivity contribution >= 4 is 23.3 Å². The zero-order chi connectivity index (χ0) is 13.6. The van der Waals surface area contributed by atoms with Gasteiger partial charge in [-0.1, -0.05) is 6.07 Å². The number of H-pyrrole nitrogens is 1. The van der Waals surface area contributed by atoms with E-state index in [9.17, 15) is 5.26 Å². The highest BCUT2D eigenvalue weighted by atomic mass is 32.1. The fourth-order valence-corrected chi connectivity index (χ4v) is 3.26. The summed E-state index contributed by atoms with van der Waals surface area (Å²) in [4.78, 5) is 3.17. The molecule has 1 aliphatic rings. The fourth-order valence-electron chi connectivity index (χ4n) is 2.85. The number of fused-ring (bicyclic) bond motifs is 1. The molecule has 1 N–H and O–H groups in total. The standard InChI is InChI=1S/C14H15N3OS/c1-9-14(2,6-7-18-9)17-11-5-3-4-10(8-15)12(11)16-13(17)19/h3-5,9H,6-7H2,1-2H3,(H,16,19). The second-order valence-corrected chi connectivity index (χ2v) is 5.58. The van der Waals surface area contributed by atoms with E-state index in [0.717, 1.165) is 24.1 Å². The molecule has 2 aromatic rings. The number of aromatic amines is 1. The molecule has 0 aliphatic carbocycles. The average Bonchev–Trinajstić information content (AvgIpc) is 2.89. The van der Waals surface area contributed by atoms with Gasteiger partial charge >= 0.3 is 0 Å². The van der Waals surface area contributed by atoms with E-state index in [4.69, 9.17) is 17.0 Å². The van der Waals surface area contributed by atoms with E-state index in [1.54, 1.807) is 6.07 Å². The van der Waals surface area contributed by atoms with Crippen molar-refractivity contribution in [3.05, 3.63) is 28.5 Å². The molecule has 5 heteroatoms. The van der Waals surface area contributed by atoms with Crippen LogP contribution in [0.5, 0.6) is 0 Å². The number of para-hydroxylation sites is 1. The van der Waals surface area contributed by atoms with E-state index in [-0.39, 0.29) is 11.6 Å². The molecule has 0 radical (unpaired) electrons. The molecule has 19 heavy (non-hydrogen) atoms. The predicted molar refractivity (Wildman–Crippen MR) is 75.5 cm³/mol. The number of nitriles is 1. The molecule has 1 aromatic heterocycles. The Labute approximate surface area is 116 Å². The van der Waals surface area contributed by atoms with Crippen LogP contribution in [-0.4, -0.2) is 22.3 Å². The lowest BCUT2D eigenvalue weighted by Crippen LogP contribution is -2.36. The summed E-state index contributed by atoms with van der Waals surface area (Å²) in [6, 6.07) is 7.89. The molecule has 3 rings (SSSR count). The third kappa shape index (κ3) is 1.64. The quantitative estimate of drug-likeness (QED) is 0.812. The van der Waals surface area contributed by atoms with Crippen LogP contribution < -0.4 is 0 Å². The monoisotopic (exact) mass is 273 g/mol. The van der Waals surface area contributed by atoms with Gasteiger partial charge < -0.3 is 14.3 Å². The first-order chi connectivity index (χ1) is 9.08. The van der Waals surface area contributed by atoms with Gasteiger partial charge in [-0.3, -0.25) is 0 Å². The van der Waals surface area contributed by atoms with Crippen molar-refractivity contribution in [3.8, 4) is 6.07 Å². The molecule has 0 amide bonds. The number of imidazole rings is 1. The molecule has 2 heterocycles. The lowest BCUT2D eigenvalue weighted by atomic mass is 9.94. The maximum Gasteiger partial charge on any atom is 0.178 e. The Balaban J connectivity index is 2.34. The smallest absolute Gasteiger partial charge is 0.178 e. The highest BCUT2D eigenvalue weighted by molar-refractivity contribution is 7.71. The zero-order valence-electron chi connectivity index (χ0n) is 10.9. The molecule has 1 fully saturated rings. The van der Waals surface area contributed by atoms with E-state index < -0.39 is 0 Å². The summed E-state index contributed by atoms with van der Waals surface area (Å²) >= 11 is 5.46. The second-order valence-electron chi connectivity index (χ2n) is 5.20. The van der Waals surface area contributed by atoms with Crippen LogP contribution in [0.3, 0.4) is 0 Å². The van der Waals surface area contributed by atoms with Crippen molar-refractivity contribution < 1.29 is 4.74 Å². The van der Waals surface area contributed by atoms with Crippen molar-refractivity contribution in [3.63, 3.8) is 0 Å². The van der Waals surface area contributed by atoms with Gasteiger partial charge in [-0.25, -0.2) is 0 Å². The van der Waals surface area contributed by atoms with Crippen LogP contribution in [-0.2, 0) is 10.3 Å². The van der Waals surface area contributed by atoms with Gasteiger partial charge in [0, 0.05) is 6.61 Å². The average molecular weight is 273 g/mol. The number of hydrogen-bond acceptors (Lipinski definition) is 3. The van der Waals surface area contributed by atoms with Crippen LogP contribution in [0.2, 0.25) is 0 Å². The lowest BCUT2D eigenvalue weighted by Gasteiger charge is -2.30. The molecule has 1 saturated heterocycles. The largest absolute Gasteiger partial charge is 0.376 e. The van der Waals surface area contributed by atoms with Crippen molar-refractivity contribution in [2.45, 2.75) is 31.9 Å². The molecular weight excluding hydrogens is 258 g/mol. The first kappa shape index (κ1) is 12.4. The molecule has 1 aliphatic heterocycles. The van der Waals surface area contributed by atoms with E-state index in [0.29, 0.717) is 10.3 Å². The Hall–Kier alpha value is -1.64. The van der Waals surface area contributed by atoms with E-state index in [1.165, 1.54) is 0 Å². The molecule has 0 saturated carbocycles. The Morgan fingerprint density at radius 3 is 3.00 bits per heavy atom. The number of ether oxygens (including phenoxy) is 1. The first-order valence-electron chi connectivity index (χ1n) is 6.34. The third-order valence-electron chi connectivity index (χ3n) is 4.20. The molecule has 1 aromatic carbocycles. The number of aromatic nitrogens is 2. The summed E-state index contributed by atoms with van der Waals surface area (Å²) in [6.07, 6.45) is 1.02. The number of rotatable bonds is 1. The maximum absolute atomic E-state index is 9.18. The number of nitrogens with zero attached hydrogens (tertiary/aromatic N) is 2. The molecular formula is C14H15N3OS. The fraction of sp³-hybridized carbons (Fsp3) is 0.429. The number of nitrogens with one attached hydrogen (secondary N) is 1. The second kappa shape index (κ2) is 4.19. The first-order valence-corrected chi connectivity index (χ1v) is 6.74. The Morgan fingerprint density at radius 1 is 1.58 bits per heavy atom. The maximum atomic E-state index is 9.18. The van der Waals surface area contributed by atoms with Crippen LogP contribution >= 0.6 is 12.2 Å². The van der Waals surface area contributed by atoms with Gasteiger partial charge in [-0.2, -0.15) is 5.26 Å². The molecule has 2 atom stereocenters. The Morgan fingerprint density at radius 2 is 2.37 bits per heavy atom. The van der Waals surface area contributed by atoms with Crippen LogP contribution in [0.1, 0.15) is 25.8 Å². The van der Waals surface area contributed by atoms with Crippen LogP contribution in [0, 0.1) is 16.1 Å². The highest BCUT2D eigenvalue weighted by Crippen LogP contribution is 2.36. The molecule has 2 unspecified atom stereocenters. The van der Waals surface area contributed by atoms with E-state index in [2.05, 4.69) is 29.5 Å². The summed E-state index contributed by atoms with van der Waals surface area (Å²) in [6.45, 7) is 4.97. The minimum Gasteiger partial charge on any atom is -0.376 e. The summed E-state index contributed by atoms with van der Waals surface area (Å²) < 4.78 is 8.46. The highest BCUT2D eigenvalue weighted by Gasteiger charge is 2.40. The SMILES string of the molecule is CC1OCCC1(C)n1c(=S)[nH]c2c(C#N)cccc21. The lowest BCUT2D eigenvalue weighted by molar-refractivity contribution is 0.0770.